The first-order chi connectivity index (χ1) is 9.52. The van der Waals surface area contributed by atoms with E-state index in [2.05, 4.69) is 24.1 Å². The molecule has 3 atom stereocenters. The zero-order chi connectivity index (χ0) is 14.4. The highest BCUT2D eigenvalue weighted by Gasteiger charge is 2.40. The van der Waals surface area contributed by atoms with Gasteiger partial charge < -0.3 is 15.3 Å². The number of rotatable bonds is 2. The summed E-state index contributed by atoms with van der Waals surface area (Å²) in [7, 11) is 1.99. The van der Waals surface area contributed by atoms with E-state index in [9.17, 15) is 9.90 Å². The zero-order valence-electron chi connectivity index (χ0n) is 12.1. The van der Waals surface area contributed by atoms with E-state index in [1.807, 2.05) is 25.3 Å². The van der Waals surface area contributed by atoms with E-state index in [1.165, 1.54) is 0 Å². The summed E-state index contributed by atoms with van der Waals surface area (Å²) in [6.45, 7) is 4.29. The normalized spacial score (nSPS) is 29.6. The number of nitrogens with one attached hydrogen (secondary N) is 1. The molecule has 1 amide bonds. The summed E-state index contributed by atoms with van der Waals surface area (Å²) >= 11 is 0. The Kier molecular flexibility index (Phi) is 2.96. The molecule has 0 fully saturated rings. The summed E-state index contributed by atoms with van der Waals surface area (Å²) < 4.78 is 0. The minimum Gasteiger partial charge on any atom is -0.508 e. The number of nitrogens with zero attached hydrogens (tertiary/aromatic N) is 1. The maximum Gasteiger partial charge on any atom is 0.253 e. The van der Waals surface area contributed by atoms with Crippen LogP contribution in [-0.2, 0) is 4.79 Å². The molecule has 4 nitrogen and oxygen atoms in total. The van der Waals surface area contributed by atoms with Crippen LogP contribution in [0.5, 0.6) is 0 Å². The molecule has 0 spiro atoms. The highest BCUT2D eigenvalue weighted by atomic mass is 16.3. The number of carbonyl (C=O) groups excluding carboxylic acids is 1. The largest absolute Gasteiger partial charge is 0.508 e. The Balaban J connectivity index is 2.05. The van der Waals surface area contributed by atoms with E-state index in [0.717, 1.165) is 23.3 Å². The third kappa shape index (κ3) is 1.79. The van der Waals surface area contributed by atoms with E-state index in [4.69, 9.17) is 0 Å². The lowest BCUT2D eigenvalue weighted by Crippen LogP contribution is -2.42. The molecule has 2 N–H and O–H groups in total. The molecule has 0 saturated carbocycles. The van der Waals surface area contributed by atoms with Gasteiger partial charge in [0.1, 0.15) is 5.76 Å². The fraction of sp³-hybridized carbons (Fsp3) is 0.438. The highest BCUT2D eigenvalue weighted by Crippen LogP contribution is 2.36. The quantitative estimate of drug-likeness (QED) is 0.809. The Labute approximate surface area is 119 Å². The number of aliphatic hydroxyl groups excluding tert-OH is 1. The summed E-state index contributed by atoms with van der Waals surface area (Å²) in [5.41, 5.74) is 2.87. The van der Waals surface area contributed by atoms with Gasteiger partial charge in [-0.2, -0.15) is 0 Å². The van der Waals surface area contributed by atoms with Crippen molar-refractivity contribution < 1.29 is 9.90 Å². The molecule has 3 rings (SSSR count). The van der Waals surface area contributed by atoms with Crippen LogP contribution in [0.4, 0.5) is 0 Å². The van der Waals surface area contributed by atoms with Gasteiger partial charge in [-0.1, -0.05) is 26.3 Å². The summed E-state index contributed by atoms with van der Waals surface area (Å²) in [6.07, 6.45) is 8.34. The molecule has 1 aliphatic carbocycles. The summed E-state index contributed by atoms with van der Waals surface area (Å²) in [5, 5.41) is 12.8. The lowest BCUT2D eigenvalue weighted by atomic mass is 9.88. The van der Waals surface area contributed by atoms with E-state index >= 15 is 0 Å². The van der Waals surface area contributed by atoms with Gasteiger partial charge >= 0.3 is 0 Å². The van der Waals surface area contributed by atoms with Crippen molar-refractivity contribution in [3.8, 4) is 0 Å². The van der Waals surface area contributed by atoms with Gasteiger partial charge in [0.05, 0.1) is 17.7 Å². The van der Waals surface area contributed by atoms with Crippen LogP contribution in [0, 0.1) is 5.92 Å². The third-order valence-electron chi connectivity index (χ3n) is 4.54. The molecule has 0 saturated heterocycles. The Bertz CT molecular complexity index is 583. The van der Waals surface area contributed by atoms with E-state index in [-0.39, 0.29) is 23.8 Å². The van der Waals surface area contributed by atoms with Crippen molar-refractivity contribution in [1.82, 2.24) is 10.2 Å². The number of allylic oxidation sites excluding steroid dienone is 1. The van der Waals surface area contributed by atoms with Crippen LogP contribution in [-0.4, -0.2) is 35.0 Å². The molecule has 1 unspecified atom stereocenters. The smallest absolute Gasteiger partial charge is 0.253 e. The van der Waals surface area contributed by atoms with Gasteiger partial charge in [-0.05, 0) is 29.7 Å². The second kappa shape index (κ2) is 4.54. The van der Waals surface area contributed by atoms with Crippen LogP contribution in [0.2, 0.25) is 0 Å². The minimum atomic E-state index is 0.00951. The van der Waals surface area contributed by atoms with E-state index in [1.54, 1.807) is 6.08 Å². The highest BCUT2D eigenvalue weighted by molar-refractivity contribution is 6.01. The SMILES string of the molecule is CC[C@H](C)[C@H]1NC(=O)C2=C1N(C)C1C=C(O)C=CC1=C2. The average molecular weight is 272 g/mol. The standard InChI is InChI=1S/C16H20N2O2/c1-4-9(2)14-15-12(16(20)17-14)7-10-5-6-11(19)8-13(10)18(15)3/h5-9,13-14,19H,4H2,1-3H3,(H,17,20)/t9-,13?,14+/m0/s1. The van der Waals surface area contributed by atoms with Gasteiger partial charge in [0.15, 0.2) is 0 Å². The van der Waals surface area contributed by atoms with Crippen LogP contribution in [0.15, 0.2) is 46.9 Å². The van der Waals surface area contributed by atoms with Crippen molar-refractivity contribution in [1.29, 1.82) is 0 Å². The van der Waals surface area contributed by atoms with Crippen molar-refractivity contribution in [3.05, 3.63) is 46.9 Å². The molecule has 106 valence electrons. The topological polar surface area (TPSA) is 52.6 Å². The lowest BCUT2D eigenvalue weighted by molar-refractivity contribution is -0.117. The number of hydrogen-bond acceptors (Lipinski definition) is 3. The predicted molar refractivity (Wildman–Crippen MR) is 77.9 cm³/mol. The van der Waals surface area contributed by atoms with Gasteiger partial charge in [0.2, 0.25) is 0 Å². The van der Waals surface area contributed by atoms with Crippen molar-refractivity contribution in [2.45, 2.75) is 32.4 Å². The van der Waals surface area contributed by atoms with Gasteiger partial charge in [-0.15, -0.1) is 0 Å². The fourth-order valence-corrected chi connectivity index (χ4v) is 3.15. The molecule has 4 heteroatoms. The molecule has 20 heavy (non-hydrogen) atoms. The number of carbonyl (C=O) groups is 1. The van der Waals surface area contributed by atoms with E-state index in [0.29, 0.717) is 5.92 Å². The lowest BCUT2D eigenvalue weighted by Gasteiger charge is -2.37. The van der Waals surface area contributed by atoms with E-state index < -0.39 is 0 Å². The first-order valence-corrected chi connectivity index (χ1v) is 7.11. The maximum atomic E-state index is 12.2. The van der Waals surface area contributed by atoms with Crippen molar-refractivity contribution in [3.63, 3.8) is 0 Å². The van der Waals surface area contributed by atoms with Crippen molar-refractivity contribution >= 4 is 5.91 Å². The van der Waals surface area contributed by atoms with Crippen LogP contribution in [0.3, 0.4) is 0 Å². The van der Waals surface area contributed by atoms with Crippen LogP contribution >= 0.6 is 0 Å². The molecule has 3 aliphatic rings. The molecule has 0 aromatic heterocycles. The zero-order valence-corrected chi connectivity index (χ0v) is 12.1. The van der Waals surface area contributed by atoms with Gasteiger partial charge in [0.25, 0.3) is 5.91 Å². The second-order valence-corrected chi connectivity index (χ2v) is 5.76. The van der Waals surface area contributed by atoms with Crippen molar-refractivity contribution in [2.75, 3.05) is 7.05 Å². The summed E-state index contributed by atoms with van der Waals surface area (Å²) in [6, 6.07) is 0.0738. The van der Waals surface area contributed by atoms with Crippen molar-refractivity contribution in [2.24, 2.45) is 5.92 Å². The number of amides is 1. The Hall–Kier alpha value is -1.97. The number of likely N-dealkylation sites (N-methyl/N-ethyl adjacent to an activating group) is 1. The molecule has 2 heterocycles. The van der Waals surface area contributed by atoms with Gasteiger partial charge in [0, 0.05) is 12.7 Å². The Morgan fingerprint density at radius 2 is 2.20 bits per heavy atom. The number of hydrogen-bond donors (Lipinski definition) is 2. The van der Waals surface area contributed by atoms with Gasteiger partial charge in [-0.25, -0.2) is 0 Å². The molecule has 2 aliphatic heterocycles. The minimum absolute atomic E-state index is 0.00951. The molecular weight excluding hydrogens is 252 g/mol. The van der Waals surface area contributed by atoms with Crippen LogP contribution in [0.25, 0.3) is 0 Å². The number of fused-ring (bicyclic) bond motifs is 1. The summed E-state index contributed by atoms with van der Waals surface area (Å²) in [4.78, 5) is 14.3. The second-order valence-electron chi connectivity index (χ2n) is 5.76. The molecule has 0 aromatic rings. The fourth-order valence-electron chi connectivity index (χ4n) is 3.15. The molecule has 0 bridgehead atoms. The Morgan fingerprint density at radius 3 is 2.90 bits per heavy atom. The van der Waals surface area contributed by atoms with Gasteiger partial charge in [-0.3, -0.25) is 4.79 Å². The first-order valence-electron chi connectivity index (χ1n) is 7.11. The van der Waals surface area contributed by atoms with Crippen LogP contribution in [0.1, 0.15) is 20.3 Å². The maximum absolute atomic E-state index is 12.2. The number of aliphatic hydroxyl groups is 1. The first kappa shape index (κ1) is 13.0. The summed E-state index contributed by atoms with van der Waals surface area (Å²) in [5.74, 6) is 0.677. The molecule has 0 aromatic carbocycles. The molecule has 0 radical (unpaired) electrons. The van der Waals surface area contributed by atoms with Crippen LogP contribution < -0.4 is 5.32 Å². The average Bonchev–Trinajstić information content (AvgIpc) is 2.77. The predicted octanol–water partition coefficient (Wildman–Crippen LogP) is 2.04. The monoisotopic (exact) mass is 272 g/mol. The Morgan fingerprint density at radius 1 is 1.45 bits per heavy atom. The third-order valence-corrected chi connectivity index (χ3v) is 4.54. The molecular formula is C16H20N2O2.